The van der Waals surface area contributed by atoms with E-state index in [-0.39, 0.29) is 22.4 Å². The molecule has 3 aromatic rings. The fraction of sp³-hybridized carbons (Fsp3) is 0.500. The standard InChI is InChI=1S/C38H52FN3O4/c1-32-12-14-33(15-13-32)29-41(2,30-34-16-20-36(39)21-17-34)24-6-4-10-28-46-38(43)11-5-9-27-42(25-7-3-8-26-42)31-35-18-22-37(23-19-35)40(44)45/h12-23H,3-11,24-31H2,1-2H3/q+2. The Labute approximate surface area is 274 Å². The summed E-state index contributed by atoms with van der Waals surface area (Å²) >= 11 is 0. The zero-order chi connectivity index (χ0) is 32.8. The lowest BCUT2D eigenvalue weighted by Crippen LogP contribution is -2.51. The van der Waals surface area contributed by atoms with Crippen molar-refractivity contribution in [3.05, 3.63) is 111 Å². The molecule has 3 aromatic carbocycles. The number of carbonyl (C=O) groups excluding carboxylic acids is 1. The average molecular weight is 634 g/mol. The number of nitro groups is 1. The molecule has 0 aromatic heterocycles. The second kappa shape index (κ2) is 17.3. The van der Waals surface area contributed by atoms with Crippen molar-refractivity contribution in [1.29, 1.82) is 0 Å². The van der Waals surface area contributed by atoms with Gasteiger partial charge in [0, 0.05) is 35.2 Å². The quantitative estimate of drug-likeness (QED) is 0.0465. The summed E-state index contributed by atoms with van der Waals surface area (Å²) in [5, 5.41) is 11.0. The number of rotatable bonds is 18. The Hall–Kier alpha value is -3.62. The van der Waals surface area contributed by atoms with Crippen LogP contribution in [-0.4, -0.2) is 59.7 Å². The number of piperidine rings is 1. The molecule has 1 heterocycles. The van der Waals surface area contributed by atoms with E-state index in [9.17, 15) is 19.3 Å². The summed E-state index contributed by atoms with van der Waals surface area (Å²) in [6, 6.07) is 22.5. The number of benzene rings is 3. The Bertz CT molecular complexity index is 1320. The molecule has 1 fully saturated rings. The van der Waals surface area contributed by atoms with Gasteiger partial charge in [-0.25, -0.2) is 4.39 Å². The van der Waals surface area contributed by atoms with Crippen LogP contribution in [0.25, 0.3) is 0 Å². The highest BCUT2D eigenvalue weighted by atomic mass is 19.1. The van der Waals surface area contributed by atoms with Crippen LogP contribution in [0.15, 0.2) is 72.8 Å². The van der Waals surface area contributed by atoms with Crippen molar-refractivity contribution < 1.29 is 27.8 Å². The van der Waals surface area contributed by atoms with E-state index in [0.717, 1.165) is 98.0 Å². The molecule has 0 aliphatic carbocycles. The lowest BCUT2D eigenvalue weighted by molar-refractivity contribution is -0.945. The molecule has 1 unspecified atom stereocenters. The summed E-state index contributed by atoms with van der Waals surface area (Å²) in [5.74, 6) is -0.324. The highest BCUT2D eigenvalue weighted by Crippen LogP contribution is 2.25. The Morgan fingerprint density at radius 2 is 1.43 bits per heavy atom. The molecule has 0 spiro atoms. The number of likely N-dealkylation sites (tertiary alicyclic amines) is 1. The zero-order valence-corrected chi connectivity index (χ0v) is 27.8. The first-order valence-electron chi connectivity index (χ1n) is 17.0. The predicted molar refractivity (Wildman–Crippen MR) is 180 cm³/mol. The van der Waals surface area contributed by atoms with Crippen molar-refractivity contribution in [3.8, 4) is 0 Å². The lowest BCUT2D eigenvalue weighted by atomic mass is 10.0. The topological polar surface area (TPSA) is 69.4 Å². The van der Waals surface area contributed by atoms with Crippen molar-refractivity contribution >= 4 is 11.7 Å². The van der Waals surface area contributed by atoms with Crippen molar-refractivity contribution in [1.82, 2.24) is 0 Å². The van der Waals surface area contributed by atoms with Gasteiger partial charge in [0.15, 0.2) is 0 Å². The van der Waals surface area contributed by atoms with Crippen molar-refractivity contribution in [2.75, 3.05) is 39.8 Å². The number of ether oxygens (including phenoxy) is 1. The molecule has 8 heteroatoms. The number of carbonyl (C=O) groups is 1. The van der Waals surface area contributed by atoms with E-state index in [1.165, 1.54) is 42.5 Å². The van der Waals surface area contributed by atoms with Gasteiger partial charge in [0.2, 0.25) is 0 Å². The minimum Gasteiger partial charge on any atom is -0.466 e. The van der Waals surface area contributed by atoms with Crippen molar-refractivity contribution in [3.63, 3.8) is 0 Å². The number of aryl methyl sites for hydroxylation is 1. The molecule has 248 valence electrons. The number of nitrogens with zero attached hydrogens (tertiary/aromatic N) is 3. The van der Waals surface area contributed by atoms with Gasteiger partial charge in [-0.2, -0.15) is 0 Å². The van der Waals surface area contributed by atoms with Gasteiger partial charge in [-0.05, 0) is 82.6 Å². The van der Waals surface area contributed by atoms with Crippen molar-refractivity contribution in [2.45, 2.75) is 84.3 Å². The summed E-state index contributed by atoms with van der Waals surface area (Å²) in [4.78, 5) is 23.2. The number of non-ortho nitro benzene ring substituents is 1. The summed E-state index contributed by atoms with van der Waals surface area (Å²) in [6.45, 7) is 9.41. The monoisotopic (exact) mass is 633 g/mol. The number of esters is 1. The third-order valence-corrected chi connectivity index (χ3v) is 9.46. The van der Waals surface area contributed by atoms with Crippen LogP contribution in [0.2, 0.25) is 0 Å². The Kier molecular flexibility index (Phi) is 13.3. The molecule has 1 aliphatic rings. The lowest BCUT2D eigenvalue weighted by Gasteiger charge is -2.42. The first-order valence-corrected chi connectivity index (χ1v) is 17.0. The summed E-state index contributed by atoms with van der Waals surface area (Å²) in [6.07, 6.45) is 8.74. The number of hydrogen-bond acceptors (Lipinski definition) is 4. The van der Waals surface area contributed by atoms with E-state index in [4.69, 9.17) is 4.74 Å². The van der Waals surface area contributed by atoms with Gasteiger partial charge < -0.3 is 13.7 Å². The van der Waals surface area contributed by atoms with Gasteiger partial charge >= 0.3 is 5.97 Å². The van der Waals surface area contributed by atoms with E-state index in [0.29, 0.717) is 13.0 Å². The second-order valence-corrected chi connectivity index (χ2v) is 13.7. The van der Waals surface area contributed by atoms with Crippen LogP contribution in [0.5, 0.6) is 0 Å². The second-order valence-electron chi connectivity index (χ2n) is 13.7. The first kappa shape index (κ1) is 35.2. The van der Waals surface area contributed by atoms with Crippen LogP contribution in [0.3, 0.4) is 0 Å². The molecule has 1 saturated heterocycles. The van der Waals surface area contributed by atoms with Gasteiger partial charge in [-0.1, -0.05) is 42.0 Å². The number of unbranched alkanes of at least 4 members (excludes halogenated alkanes) is 3. The third-order valence-electron chi connectivity index (χ3n) is 9.46. The minimum atomic E-state index is -0.352. The molecule has 7 nitrogen and oxygen atoms in total. The Balaban J connectivity index is 1.15. The van der Waals surface area contributed by atoms with E-state index in [1.807, 2.05) is 24.3 Å². The van der Waals surface area contributed by atoms with Crippen LogP contribution >= 0.6 is 0 Å². The summed E-state index contributed by atoms with van der Waals surface area (Å²) in [7, 11) is 2.27. The van der Waals surface area contributed by atoms with E-state index in [1.54, 1.807) is 12.1 Å². The largest absolute Gasteiger partial charge is 0.466 e. The molecule has 0 radical (unpaired) electrons. The van der Waals surface area contributed by atoms with Gasteiger partial charge in [-0.15, -0.1) is 0 Å². The maximum atomic E-state index is 13.5. The highest BCUT2D eigenvalue weighted by Gasteiger charge is 2.30. The highest BCUT2D eigenvalue weighted by molar-refractivity contribution is 5.69. The van der Waals surface area contributed by atoms with Gasteiger partial charge in [-0.3, -0.25) is 14.9 Å². The molecule has 0 saturated carbocycles. The Morgan fingerprint density at radius 1 is 0.826 bits per heavy atom. The zero-order valence-electron chi connectivity index (χ0n) is 27.8. The summed E-state index contributed by atoms with van der Waals surface area (Å²) < 4.78 is 20.9. The smallest absolute Gasteiger partial charge is 0.305 e. The van der Waals surface area contributed by atoms with Crippen LogP contribution < -0.4 is 0 Å². The average Bonchev–Trinajstić information content (AvgIpc) is 3.04. The molecular weight excluding hydrogens is 581 g/mol. The SMILES string of the molecule is Cc1ccc(C[N+](C)(CCCCCOC(=O)CCCC[N+]2(Cc3ccc([N+](=O)[O-])cc3)CCCCC2)Cc2ccc(F)cc2)cc1. The third kappa shape index (κ3) is 11.6. The van der Waals surface area contributed by atoms with Crippen molar-refractivity contribution in [2.24, 2.45) is 0 Å². The maximum absolute atomic E-state index is 13.5. The Morgan fingerprint density at radius 3 is 2.07 bits per heavy atom. The molecule has 0 amide bonds. The van der Waals surface area contributed by atoms with E-state index in [2.05, 4.69) is 38.2 Å². The fourth-order valence-electron chi connectivity index (χ4n) is 6.88. The van der Waals surface area contributed by atoms with Crippen LogP contribution in [0, 0.1) is 22.9 Å². The van der Waals surface area contributed by atoms with Gasteiger partial charge in [0.25, 0.3) is 5.69 Å². The number of halogens is 1. The maximum Gasteiger partial charge on any atom is 0.305 e. The first-order chi connectivity index (χ1) is 22.1. The summed E-state index contributed by atoms with van der Waals surface area (Å²) in [5.41, 5.74) is 4.94. The molecule has 0 bridgehead atoms. The number of nitro benzene ring substituents is 1. The predicted octanol–water partition coefficient (Wildman–Crippen LogP) is 8.27. The van der Waals surface area contributed by atoms with Crippen LogP contribution in [0.1, 0.15) is 80.0 Å². The number of quaternary nitrogens is 2. The molecular formula is C38H52FN3O4+2. The van der Waals surface area contributed by atoms with Crippen LogP contribution in [0.4, 0.5) is 10.1 Å². The molecule has 0 N–H and O–H groups in total. The fourth-order valence-corrected chi connectivity index (χ4v) is 6.88. The van der Waals surface area contributed by atoms with Crippen LogP contribution in [-0.2, 0) is 29.2 Å². The molecule has 4 rings (SSSR count). The molecule has 1 atom stereocenters. The molecule has 1 aliphatic heterocycles. The molecule has 46 heavy (non-hydrogen) atoms. The van der Waals surface area contributed by atoms with Gasteiger partial charge in [0.1, 0.15) is 25.5 Å². The van der Waals surface area contributed by atoms with E-state index < -0.39 is 0 Å². The van der Waals surface area contributed by atoms with E-state index >= 15 is 0 Å². The minimum absolute atomic E-state index is 0.114. The number of hydrogen-bond donors (Lipinski definition) is 0. The normalized spacial score (nSPS) is 15.6. The van der Waals surface area contributed by atoms with Gasteiger partial charge in [0.05, 0.1) is 44.8 Å².